The van der Waals surface area contributed by atoms with Crippen molar-refractivity contribution in [2.24, 2.45) is 5.73 Å². The van der Waals surface area contributed by atoms with Crippen LogP contribution >= 0.6 is 15.9 Å². The van der Waals surface area contributed by atoms with Crippen LogP contribution in [-0.4, -0.2) is 24.2 Å². The summed E-state index contributed by atoms with van der Waals surface area (Å²) in [4.78, 5) is 14.7. The van der Waals surface area contributed by atoms with Crippen LogP contribution in [-0.2, 0) is 4.74 Å². The molecule has 0 atom stereocenters. The van der Waals surface area contributed by atoms with E-state index in [2.05, 4.69) is 31.0 Å². The van der Waals surface area contributed by atoms with Gasteiger partial charge in [-0.3, -0.25) is 4.98 Å². The standard InChI is InChI=1S/C12H13BrN4O2/c13-7-1-2-10-8(5-7)11(9(14)6-17-10)16-3-4-19-12(15)18/h1-2,5-6H,3-4,14H2,(H2,15,18)(H,16,17). The van der Waals surface area contributed by atoms with E-state index in [4.69, 9.17) is 11.5 Å². The van der Waals surface area contributed by atoms with Gasteiger partial charge in [-0.05, 0) is 18.2 Å². The summed E-state index contributed by atoms with van der Waals surface area (Å²) in [7, 11) is 0. The third kappa shape index (κ3) is 3.25. The van der Waals surface area contributed by atoms with Crippen LogP contribution in [0.4, 0.5) is 16.2 Å². The highest BCUT2D eigenvalue weighted by Crippen LogP contribution is 2.29. The Morgan fingerprint density at radius 1 is 1.47 bits per heavy atom. The van der Waals surface area contributed by atoms with Gasteiger partial charge in [-0.25, -0.2) is 4.79 Å². The maximum absolute atomic E-state index is 10.5. The average Bonchev–Trinajstić information content (AvgIpc) is 2.36. The van der Waals surface area contributed by atoms with Gasteiger partial charge in [0.1, 0.15) is 6.61 Å². The van der Waals surface area contributed by atoms with Gasteiger partial charge in [-0.2, -0.15) is 0 Å². The molecule has 0 aliphatic rings. The van der Waals surface area contributed by atoms with Crippen molar-refractivity contribution in [2.45, 2.75) is 0 Å². The van der Waals surface area contributed by atoms with Crippen molar-refractivity contribution < 1.29 is 9.53 Å². The molecule has 0 aliphatic heterocycles. The van der Waals surface area contributed by atoms with Crippen LogP contribution in [0.5, 0.6) is 0 Å². The van der Waals surface area contributed by atoms with Crippen molar-refractivity contribution in [3.63, 3.8) is 0 Å². The highest BCUT2D eigenvalue weighted by Gasteiger charge is 2.07. The van der Waals surface area contributed by atoms with Gasteiger partial charge in [0.25, 0.3) is 0 Å². The molecule has 0 saturated heterocycles. The minimum absolute atomic E-state index is 0.173. The number of halogens is 1. The number of hydrogen-bond donors (Lipinski definition) is 3. The Hall–Kier alpha value is -2.02. The number of hydrogen-bond acceptors (Lipinski definition) is 5. The first-order valence-electron chi connectivity index (χ1n) is 5.58. The first-order valence-corrected chi connectivity index (χ1v) is 6.37. The van der Waals surface area contributed by atoms with Gasteiger partial charge in [-0.15, -0.1) is 0 Å². The number of ether oxygens (including phenoxy) is 1. The summed E-state index contributed by atoms with van der Waals surface area (Å²) in [6, 6.07) is 5.73. The molecule has 2 aromatic rings. The van der Waals surface area contributed by atoms with E-state index in [1.54, 1.807) is 6.20 Å². The molecule has 7 heteroatoms. The molecule has 19 heavy (non-hydrogen) atoms. The second-order valence-corrected chi connectivity index (χ2v) is 4.76. The van der Waals surface area contributed by atoms with Crippen molar-refractivity contribution in [3.8, 4) is 0 Å². The lowest BCUT2D eigenvalue weighted by atomic mass is 10.1. The van der Waals surface area contributed by atoms with Gasteiger partial charge in [0, 0.05) is 16.4 Å². The van der Waals surface area contributed by atoms with Crippen molar-refractivity contribution in [1.29, 1.82) is 0 Å². The molecule has 100 valence electrons. The van der Waals surface area contributed by atoms with E-state index < -0.39 is 6.09 Å². The number of amides is 1. The number of fused-ring (bicyclic) bond motifs is 1. The number of nitrogens with two attached hydrogens (primary N) is 2. The fourth-order valence-electron chi connectivity index (χ4n) is 1.71. The summed E-state index contributed by atoms with van der Waals surface area (Å²) in [6.45, 7) is 0.589. The SMILES string of the molecule is NC(=O)OCCNc1c(N)cnc2ccc(Br)cc12. The number of carbonyl (C=O) groups excluding carboxylic acids is 1. The van der Waals surface area contributed by atoms with Crippen molar-refractivity contribution >= 4 is 44.3 Å². The first-order chi connectivity index (χ1) is 9.08. The van der Waals surface area contributed by atoms with Gasteiger partial charge in [0.05, 0.1) is 23.1 Å². The van der Waals surface area contributed by atoms with Crippen LogP contribution < -0.4 is 16.8 Å². The summed E-state index contributed by atoms with van der Waals surface area (Å²) in [5.41, 5.74) is 12.9. The smallest absolute Gasteiger partial charge is 0.404 e. The predicted octanol–water partition coefficient (Wildman–Crippen LogP) is 2.09. The number of pyridine rings is 1. The number of nitrogen functional groups attached to an aromatic ring is 1. The highest BCUT2D eigenvalue weighted by molar-refractivity contribution is 9.10. The lowest BCUT2D eigenvalue weighted by molar-refractivity contribution is 0.161. The summed E-state index contributed by atoms with van der Waals surface area (Å²) in [5.74, 6) is 0. The average molecular weight is 325 g/mol. The van der Waals surface area contributed by atoms with Crippen LogP contribution in [0.2, 0.25) is 0 Å². The summed E-state index contributed by atoms with van der Waals surface area (Å²) in [6.07, 6.45) is 0.796. The Kier molecular flexibility index (Phi) is 4.06. The molecule has 5 N–H and O–H groups in total. The van der Waals surface area contributed by atoms with E-state index in [1.165, 1.54) is 0 Å². The summed E-state index contributed by atoms with van der Waals surface area (Å²) < 4.78 is 5.58. The van der Waals surface area contributed by atoms with Gasteiger partial charge < -0.3 is 21.5 Å². The first kappa shape index (κ1) is 13.4. The number of nitrogens with zero attached hydrogens (tertiary/aromatic N) is 1. The molecule has 0 spiro atoms. The molecule has 1 aromatic carbocycles. The summed E-state index contributed by atoms with van der Waals surface area (Å²) in [5, 5.41) is 4.02. The van der Waals surface area contributed by atoms with E-state index in [0.717, 1.165) is 21.1 Å². The number of aromatic nitrogens is 1. The van der Waals surface area contributed by atoms with E-state index in [9.17, 15) is 4.79 Å². The fraction of sp³-hybridized carbons (Fsp3) is 0.167. The second kappa shape index (κ2) is 5.75. The molecule has 2 rings (SSSR count). The molecule has 0 aliphatic carbocycles. The zero-order chi connectivity index (χ0) is 13.8. The normalized spacial score (nSPS) is 10.4. The predicted molar refractivity (Wildman–Crippen MR) is 77.9 cm³/mol. The lowest BCUT2D eigenvalue weighted by Gasteiger charge is -2.12. The van der Waals surface area contributed by atoms with Gasteiger partial charge in [-0.1, -0.05) is 15.9 Å². The van der Waals surface area contributed by atoms with Crippen molar-refractivity contribution in [2.75, 3.05) is 24.2 Å². The van der Waals surface area contributed by atoms with Crippen LogP contribution in [0.25, 0.3) is 10.9 Å². The zero-order valence-corrected chi connectivity index (χ0v) is 11.6. The molecule has 1 heterocycles. The minimum atomic E-state index is -0.794. The van der Waals surface area contributed by atoms with E-state index in [1.807, 2.05) is 18.2 Å². The molecular formula is C12H13BrN4O2. The van der Waals surface area contributed by atoms with E-state index >= 15 is 0 Å². The Bertz CT molecular complexity index is 613. The molecular weight excluding hydrogens is 312 g/mol. The molecule has 1 amide bonds. The molecule has 1 aromatic heterocycles. The maximum atomic E-state index is 10.5. The van der Waals surface area contributed by atoms with E-state index in [-0.39, 0.29) is 6.61 Å². The number of carbonyl (C=O) groups is 1. The number of rotatable bonds is 4. The Morgan fingerprint density at radius 3 is 3.00 bits per heavy atom. The number of primary amides is 1. The molecule has 0 fully saturated rings. The van der Waals surface area contributed by atoms with Crippen LogP contribution in [0.3, 0.4) is 0 Å². The highest BCUT2D eigenvalue weighted by atomic mass is 79.9. The monoisotopic (exact) mass is 324 g/mol. The Morgan fingerprint density at radius 2 is 2.26 bits per heavy atom. The van der Waals surface area contributed by atoms with Crippen molar-refractivity contribution in [1.82, 2.24) is 4.98 Å². The van der Waals surface area contributed by atoms with Crippen molar-refractivity contribution in [3.05, 3.63) is 28.9 Å². The quantitative estimate of drug-likeness (QED) is 0.747. The number of nitrogens with one attached hydrogen (secondary N) is 1. The topological polar surface area (TPSA) is 103 Å². The zero-order valence-electron chi connectivity index (χ0n) is 10.0. The third-order valence-corrected chi connectivity index (χ3v) is 3.00. The number of benzene rings is 1. The maximum Gasteiger partial charge on any atom is 0.404 e. The van der Waals surface area contributed by atoms with Gasteiger partial charge >= 0.3 is 6.09 Å². The molecule has 6 nitrogen and oxygen atoms in total. The Labute approximate surface area is 118 Å². The van der Waals surface area contributed by atoms with Crippen LogP contribution in [0.1, 0.15) is 0 Å². The second-order valence-electron chi connectivity index (χ2n) is 3.84. The fourth-order valence-corrected chi connectivity index (χ4v) is 2.07. The Balaban J connectivity index is 2.23. The largest absolute Gasteiger partial charge is 0.448 e. The minimum Gasteiger partial charge on any atom is -0.448 e. The van der Waals surface area contributed by atoms with Crippen LogP contribution in [0.15, 0.2) is 28.9 Å². The van der Waals surface area contributed by atoms with E-state index in [0.29, 0.717) is 12.2 Å². The third-order valence-electron chi connectivity index (χ3n) is 2.51. The molecule has 0 bridgehead atoms. The molecule has 0 unspecified atom stereocenters. The summed E-state index contributed by atoms with van der Waals surface area (Å²) >= 11 is 3.41. The van der Waals surface area contributed by atoms with Crippen LogP contribution in [0, 0.1) is 0 Å². The lowest BCUT2D eigenvalue weighted by Crippen LogP contribution is -2.18. The van der Waals surface area contributed by atoms with Gasteiger partial charge in [0.15, 0.2) is 0 Å². The van der Waals surface area contributed by atoms with Gasteiger partial charge in [0.2, 0.25) is 0 Å². The molecule has 0 radical (unpaired) electrons. The number of anilines is 2. The molecule has 0 saturated carbocycles.